The summed E-state index contributed by atoms with van der Waals surface area (Å²) in [7, 11) is -4.22. The summed E-state index contributed by atoms with van der Waals surface area (Å²) < 4.78 is 68.9. The molecule has 0 radical (unpaired) electrons. The summed E-state index contributed by atoms with van der Waals surface area (Å²) in [6.07, 6.45) is 2.21. The van der Waals surface area contributed by atoms with Crippen molar-refractivity contribution in [2.24, 2.45) is 0 Å². The number of benzene rings is 1. The Morgan fingerprint density at radius 2 is 1.88 bits per heavy atom. The van der Waals surface area contributed by atoms with Gasteiger partial charge in [-0.3, -0.25) is 0 Å². The van der Waals surface area contributed by atoms with Gasteiger partial charge in [-0.2, -0.15) is 0 Å². The first-order chi connectivity index (χ1) is 11.2. The molecule has 11 heteroatoms. The van der Waals surface area contributed by atoms with Crippen LogP contribution in [0, 0.1) is 7.14 Å². The number of carbonyl (C=O) groups is 1. The van der Waals surface area contributed by atoms with Crippen molar-refractivity contribution in [3.05, 3.63) is 49.9 Å². The minimum absolute atomic E-state index is 0.0355. The predicted molar refractivity (Wildman–Crippen MR) is 87.1 cm³/mol. The fourth-order valence-electron chi connectivity index (χ4n) is 1.69. The molecule has 0 bridgehead atoms. The molecule has 2 rings (SSSR count). The summed E-state index contributed by atoms with van der Waals surface area (Å²) in [5.74, 6) is -0.650. The first-order valence-electron chi connectivity index (χ1n) is 6.33. The third-order valence-electron chi connectivity index (χ3n) is 2.73. The van der Waals surface area contributed by atoms with Gasteiger partial charge in [-0.15, -0.1) is 0 Å². The monoisotopic (exact) mass is 476 g/mol. The van der Waals surface area contributed by atoms with Crippen LogP contribution in [-0.4, -0.2) is 36.8 Å². The van der Waals surface area contributed by atoms with Gasteiger partial charge < -0.3 is 0 Å². The van der Waals surface area contributed by atoms with E-state index in [0.717, 1.165) is 24.2 Å². The third kappa shape index (κ3) is 3.88. The van der Waals surface area contributed by atoms with Gasteiger partial charge >= 0.3 is 141 Å². The van der Waals surface area contributed by atoms with Crippen LogP contribution in [0.4, 0.5) is 13.2 Å². The van der Waals surface area contributed by atoms with E-state index in [1.54, 1.807) is 6.07 Å². The van der Waals surface area contributed by atoms with E-state index < -0.39 is 36.9 Å². The molecule has 0 unspecified atom stereocenters. The second kappa shape index (κ2) is 7.09. The van der Waals surface area contributed by atoms with Gasteiger partial charge in [0.2, 0.25) is 0 Å². The predicted octanol–water partition coefficient (Wildman–Crippen LogP) is 2.45. The average Bonchev–Trinajstić information content (AvgIpc) is 2.95. The van der Waals surface area contributed by atoms with Gasteiger partial charge in [-0.25, -0.2) is 0 Å². The SMILES string of the molecule is COC(=O)Cn1cc(I(c2ccccc2)S(=O)(=O)C(F)(F)F)cn1. The van der Waals surface area contributed by atoms with Crippen molar-refractivity contribution < 1.29 is 31.1 Å². The zero-order chi connectivity index (χ0) is 18.0. The second-order valence-corrected chi connectivity index (χ2v) is 15.2. The summed E-state index contributed by atoms with van der Waals surface area (Å²) in [6.45, 7) is -0.318. The van der Waals surface area contributed by atoms with Crippen molar-refractivity contribution in [2.45, 2.75) is 12.1 Å². The Kier molecular flexibility index (Phi) is 5.52. The number of aromatic nitrogens is 2. The molecule has 0 aliphatic rings. The Morgan fingerprint density at radius 1 is 1.25 bits per heavy atom. The maximum atomic E-state index is 13.1. The molecular weight excluding hydrogens is 464 g/mol. The van der Waals surface area contributed by atoms with E-state index in [-0.39, 0.29) is 13.7 Å². The third-order valence-corrected chi connectivity index (χ3v) is 14.6. The van der Waals surface area contributed by atoms with E-state index in [4.69, 9.17) is 0 Å². The molecule has 0 aliphatic heterocycles. The van der Waals surface area contributed by atoms with Crippen molar-refractivity contribution in [1.29, 1.82) is 0 Å². The van der Waals surface area contributed by atoms with Gasteiger partial charge in [-0.1, -0.05) is 0 Å². The molecule has 0 saturated carbocycles. The van der Waals surface area contributed by atoms with Crippen molar-refractivity contribution in [3.8, 4) is 0 Å². The average molecular weight is 476 g/mol. The van der Waals surface area contributed by atoms with Crippen LogP contribution in [0.25, 0.3) is 0 Å². The molecule has 24 heavy (non-hydrogen) atoms. The zero-order valence-electron chi connectivity index (χ0n) is 12.2. The van der Waals surface area contributed by atoms with Crippen molar-refractivity contribution in [2.75, 3.05) is 7.11 Å². The van der Waals surface area contributed by atoms with Gasteiger partial charge in [0, 0.05) is 0 Å². The number of halogens is 4. The Morgan fingerprint density at radius 3 is 2.42 bits per heavy atom. The summed E-state index contributed by atoms with van der Waals surface area (Å²) >= 11 is -3.93. The number of hydrogen-bond acceptors (Lipinski definition) is 5. The standard InChI is InChI=1S/C13H12F3IN2O4S/c1-23-12(20)9-19-8-11(7-18-19)17(10-5-3-2-4-6-10)24(21,22)13(14,15)16/h2-8H,9H2,1H3. The fraction of sp³-hybridized carbons (Fsp3) is 0.231. The van der Waals surface area contributed by atoms with Crippen LogP contribution in [0.1, 0.15) is 0 Å². The van der Waals surface area contributed by atoms with Gasteiger partial charge in [0.15, 0.2) is 0 Å². The quantitative estimate of drug-likeness (QED) is 0.377. The Bertz CT molecular complexity index is 821. The number of alkyl halides is 3. The van der Waals surface area contributed by atoms with Crippen LogP contribution in [-0.2, 0) is 23.1 Å². The van der Waals surface area contributed by atoms with Gasteiger partial charge in [-0.05, 0) is 0 Å². The van der Waals surface area contributed by atoms with Crippen LogP contribution >= 0.6 is 18.4 Å². The molecular formula is C13H12F3IN2O4S. The molecule has 1 heterocycles. The molecule has 2 aromatic rings. The van der Waals surface area contributed by atoms with Gasteiger partial charge in [0.25, 0.3) is 0 Å². The number of methoxy groups -OCH3 is 1. The number of hydrogen-bond donors (Lipinski definition) is 0. The first-order valence-corrected chi connectivity index (χ1v) is 12.5. The minimum atomic E-state index is -5.38. The molecule has 0 atom stereocenters. The van der Waals surface area contributed by atoms with E-state index in [0.29, 0.717) is 0 Å². The van der Waals surface area contributed by atoms with Crippen LogP contribution in [0.5, 0.6) is 0 Å². The molecule has 132 valence electrons. The number of ether oxygens (including phenoxy) is 1. The zero-order valence-corrected chi connectivity index (χ0v) is 15.2. The number of rotatable bonds is 5. The molecule has 1 aromatic heterocycles. The molecule has 1 aromatic carbocycles. The van der Waals surface area contributed by atoms with Crippen molar-refractivity contribution >= 4 is 31.4 Å². The van der Waals surface area contributed by atoms with Crippen LogP contribution < -0.4 is 0 Å². The maximum absolute atomic E-state index is 13.1. The van der Waals surface area contributed by atoms with Crippen LogP contribution in [0.15, 0.2) is 42.7 Å². The molecule has 0 fully saturated rings. The fourth-order valence-corrected chi connectivity index (χ4v) is 11.8. The molecule has 0 N–H and O–H groups in total. The van der Waals surface area contributed by atoms with E-state index in [2.05, 4.69) is 9.84 Å². The molecule has 0 aliphatic carbocycles. The number of esters is 1. The summed E-state index contributed by atoms with van der Waals surface area (Å²) in [5.41, 5.74) is -5.36. The van der Waals surface area contributed by atoms with E-state index in [1.165, 1.54) is 24.3 Å². The summed E-state index contributed by atoms with van der Waals surface area (Å²) in [6, 6.07) is 7.24. The first kappa shape index (κ1) is 18.7. The molecule has 0 saturated heterocycles. The van der Waals surface area contributed by atoms with E-state index in [9.17, 15) is 26.4 Å². The van der Waals surface area contributed by atoms with E-state index in [1.807, 2.05) is 0 Å². The Balaban J connectivity index is 2.51. The summed E-state index contributed by atoms with van der Waals surface area (Å²) in [4.78, 5) is 11.2. The van der Waals surface area contributed by atoms with Crippen LogP contribution in [0.2, 0.25) is 0 Å². The number of nitrogens with zero attached hydrogens (tertiary/aromatic N) is 2. The molecule has 0 amide bonds. The Labute approximate surface area is 141 Å². The van der Waals surface area contributed by atoms with Crippen molar-refractivity contribution in [3.63, 3.8) is 0 Å². The second-order valence-electron chi connectivity index (χ2n) is 4.36. The van der Waals surface area contributed by atoms with Gasteiger partial charge in [0.05, 0.1) is 0 Å². The summed E-state index contributed by atoms with van der Waals surface area (Å²) in [5, 5.41) is 3.77. The molecule has 0 spiro atoms. The van der Waals surface area contributed by atoms with Crippen molar-refractivity contribution in [1.82, 2.24) is 9.78 Å². The van der Waals surface area contributed by atoms with Crippen LogP contribution in [0.3, 0.4) is 0 Å². The number of carbonyl (C=O) groups excluding carboxylic acids is 1. The topological polar surface area (TPSA) is 78.3 Å². The normalized spacial score (nSPS) is 12.8. The van der Waals surface area contributed by atoms with E-state index >= 15 is 0 Å². The molecule has 6 nitrogen and oxygen atoms in total. The van der Waals surface area contributed by atoms with Gasteiger partial charge in [0.1, 0.15) is 0 Å². The Hall–Kier alpha value is -1.63.